The van der Waals surface area contributed by atoms with Crippen molar-refractivity contribution >= 4 is 34.8 Å². The summed E-state index contributed by atoms with van der Waals surface area (Å²) in [5, 5.41) is 10.9. The van der Waals surface area contributed by atoms with Gasteiger partial charge < -0.3 is 21.3 Å². The minimum atomic E-state index is -0.443. The molecule has 3 aromatic carbocycles. The van der Waals surface area contributed by atoms with Crippen molar-refractivity contribution in [2.75, 3.05) is 29.5 Å². The normalized spacial score (nSPS) is 10.2. The van der Waals surface area contributed by atoms with Crippen molar-refractivity contribution in [2.24, 2.45) is 0 Å². The van der Waals surface area contributed by atoms with E-state index >= 15 is 0 Å². The molecule has 0 aliphatic rings. The average Bonchev–Trinajstić information content (AvgIpc) is 2.79. The molecule has 0 saturated carbocycles. The molecule has 0 atom stereocenters. The number of hydrogen-bond donors (Lipinski definition) is 4. The largest absolute Gasteiger partial charge is 0.375 e. The van der Waals surface area contributed by atoms with Crippen LogP contribution < -0.4 is 21.3 Å². The number of anilines is 3. The number of benzene rings is 3. The van der Waals surface area contributed by atoms with Gasteiger partial charge in [0, 0.05) is 18.4 Å². The van der Waals surface area contributed by atoms with Crippen LogP contribution in [-0.2, 0) is 4.79 Å². The fraction of sp³-hybridized carbons (Fsp3) is 0.125. The van der Waals surface area contributed by atoms with Gasteiger partial charge in [0.15, 0.2) is 0 Å². The van der Waals surface area contributed by atoms with Crippen LogP contribution in [0.15, 0.2) is 66.7 Å². The standard InChI is InChI=1S/C24H23FN4O3/c1-15-6-5-9-20(22(15)24(32)26-2)27-14-21(30)29-19-8-4-3-7-18(19)23(31)28-17-12-10-16(25)11-13-17/h3-13,27H,14H2,1-2H3,(H,26,32)(H,28,31)(H,29,30). The van der Waals surface area contributed by atoms with Gasteiger partial charge in [-0.1, -0.05) is 24.3 Å². The van der Waals surface area contributed by atoms with Gasteiger partial charge in [0.1, 0.15) is 5.82 Å². The fourth-order valence-corrected chi connectivity index (χ4v) is 3.13. The zero-order valence-electron chi connectivity index (χ0n) is 17.7. The molecule has 4 N–H and O–H groups in total. The third-order valence-electron chi connectivity index (χ3n) is 4.71. The molecule has 0 aliphatic heterocycles. The molecular formula is C24H23FN4O3. The van der Waals surface area contributed by atoms with Crippen LogP contribution in [0.3, 0.4) is 0 Å². The van der Waals surface area contributed by atoms with Crippen molar-refractivity contribution in [3.8, 4) is 0 Å². The van der Waals surface area contributed by atoms with Crippen molar-refractivity contribution in [3.05, 3.63) is 89.2 Å². The molecule has 32 heavy (non-hydrogen) atoms. The first kappa shape index (κ1) is 22.5. The third kappa shape index (κ3) is 5.48. The minimum absolute atomic E-state index is 0.110. The molecule has 0 aliphatic carbocycles. The van der Waals surface area contributed by atoms with E-state index in [9.17, 15) is 18.8 Å². The van der Waals surface area contributed by atoms with Crippen LogP contribution in [0.4, 0.5) is 21.5 Å². The van der Waals surface area contributed by atoms with Crippen LogP contribution in [0.1, 0.15) is 26.3 Å². The van der Waals surface area contributed by atoms with E-state index in [0.29, 0.717) is 22.6 Å². The molecule has 164 valence electrons. The highest BCUT2D eigenvalue weighted by Crippen LogP contribution is 2.20. The van der Waals surface area contributed by atoms with E-state index < -0.39 is 17.6 Å². The van der Waals surface area contributed by atoms with Crippen LogP contribution >= 0.6 is 0 Å². The Morgan fingerprint density at radius 2 is 1.50 bits per heavy atom. The van der Waals surface area contributed by atoms with E-state index in [-0.39, 0.29) is 18.0 Å². The van der Waals surface area contributed by atoms with Crippen LogP contribution in [-0.4, -0.2) is 31.3 Å². The Balaban J connectivity index is 1.69. The molecular weight excluding hydrogens is 411 g/mol. The van der Waals surface area contributed by atoms with Crippen LogP contribution in [0.25, 0.3) is 0 Å². The molecule has 3 rings (SSSR count). The van der Waals surface area contributed by atoms with Gasteiger partial charge in [-0.3, -0.25) is 14.4 Å². The Bertz CT molecular complexity index is 1150. The summed E-state index contributed by atoms with van der Waals surface area (Å²) in [6.45, 7) is 1.70. The Morgan fingerprint density at radius 1 is 0.812 bits per heavy atom. The van der Waals surface area contributed by atoms with E-state index in [1.54, 1.807) is 43.4 Å². The Kier molecular flexibility index (Phi) is 7.17. The SMILES string of the molecule is CNC(=O)c1c(C)cccc1NCC(=O)Nc1ccccc1C(=O)Nc1ccc(F)cc1. The molecule has 3 aromatic rings. The molecule has 0 bridgehead atoms. The Labute approximate surface area is 185 Å². The number of carbonyl (C=O) groups is 3. The van der Waals surface area contributed by atoms with Crippen LogP contribution in [0, 0.1) is 12.7 Å². The van der Waals surface area contributed by atoms with Gasteiger partial charge >= 0.3 is 0 Å². The maximum atomic E-state index is 13.1. The Morgan fingerprint density at radius 3 is 2.22 bits per heavy atom. The molecule has 0 heterocycles. The number of para-hydroxylation sites is 1. The number of rotatable bonds is 7. The van der Waals surface area contributed by atoms with Gasteiger partial charge in [-0.05, 0) is 55.0 Å². The lowest BCUT2D eigenvalue weighted by atomic mass is 10.1. The second-order valence-electron chi connectivity index (χ2n) is 6.98. The summed E-state index contributed by atoms with van der Waals surface area (Å²) < 4.78 is 13.1. The van der Waals surface area contributed by atoms with Crippen LogP contribution in [0.2, 0.25) is 0 Å². The summed E-state index contributed by atoms with van der Waals surface area (Å²) in [7, 11) is 1.54. The van der Waals surface area contributed by atoms with Crippen LogP contribution in [0.5, 0.6) is 0 Å². The van der Waals surface area contributed by atoms with Crippen molar-refractivity contribution in [1.82, 2.24) is 5.32 Å². The first-order valence-electron chi connectivity index (χ1n) is 9.90. The molecule has 0 fully saturated rings. The first-order valence-corrected chi connectivity index (χ1v) is 9.90. The van der Waals surface area contributed by atoms with Gasteiger partial charge in [-0.15, -0.1) is 0 Å². The molecule has 0 spiro atoms. The summed E-state index contributed by atoms with van der Waals surface area (Å²) in [5.41, 5.74) is 2.78. The van der Waals surface area contributed by atoms with Crippen molar-refractivity contribution in [2.45, 2.75) is 6.92 Å². The maximum Gasteiger partial charge on any atom is 0.257 e. The van der Waals surface area contributed by atoms with E-state index in [1.165, 1.54) is 24.3 Å². The lowest BCUT2D eigenvalue weighted by Crippen LogP contribution is -2.26. The lowest BCUT2D eigenvalue weighted by Gasteiger charge is -2.15. The summed E-state index contributed by atoms with van der Waals surface area (Å²) >= 11 is 0. The number of halogens is 1. The highest BCUT2D eigenvalue weighted by molar-refractivity contribution is 6.10. The average molecular weight is 434 g/mol. The van der Waals surface area contributed by atoms with Gasteiger partial charge in [-0.2, -0.15) is 0 Å². The first-order chi connectivity index (χ1) is 15.4. The quantitative estimate of drug-likeness (QED) is 0.455. The maximum absolute atomic E-state index is 13.1. The van der Waals surface area contributed by atoms with E-state index in [0.717, 1.165) is 5.56 Å². The Hall–Kier alpha value is -4.20. The molecule has 7 nitrogen and oxygen atoms in total. The number of amides is 3. The second kappa shape index (κ2) is 10.2. The number of hydrogen-bond acceptors (Lipinski definition) is 4. The highest BCUT2D eigenvalue weighted by atomic mass is 19.1. The molecule has 0 radical (unpaired) electrons. The van der Waals surface area contributed by atoms with Crippen molar-refractivity contribution in [3.63, 3.8) is 0 Å². The smallest absolute Gasteiger partial charge is 0.257 e. The monoisotopic (exact) mass is 434 g/mol. The van der Waals surface area contributed by atoms with E-state index in [2.05, 4.69) is 21.3 Å². The molecule has 0 aromatic heterocycles. The van der Waals surface area contributed by atoms with Crippen molar-refractivity contribution < 1.29 is 18.8 Å². The molecule has 0 saturated heterocycles. The van der Waals surface area contributed by atoms with Crippen molar-refractivity contribution in [1.29, 1.82) is 0 Å². The molecule has 0 unspecified atom stereocenters. The summed E-state index contributed by atoms with van der Waals surface area (Å²) in [5.74, 6) is -1.50. The van der Waals surface area contributed by atoms with Gasteiger partial charge in [0.05, 0.1) is 23.4 Å². The van der Waals surface area contributed by atoms with E-state index in [4.69, 9.17) is 0 Å². The summed E-state index contributed by atoms with van der Waals surface area (Å²) in [6.07, 6.45) is 0. The zero-order chi connectivity index (χ0) is 23.1. The predicted molar refractivity (Wildman–Crippen MR) is 122 cm³/mol. The van der Waals surface area contributed by atoms with Gasteiger partial charge in [-0.25, -0.2) is 4.39 Å². The zero-order valence-corrected chi connectivity index (χ0v) is 17.7. The molecule has 8 heteroatoms. The predicted octanol–water partition coefficient (Wildman–Crippen LogP) is 3.80. The number of aryl methyl sites for hydroxylation is 1. The summed E-state index contributed by atoms with van der Waals surface area (Å²) in [6, 6.07) is 17.3. The highest BCUT2D eigenvalue weighted by Gasteiger charge is 2.16. The lowest BCUT2D eigenvalue weighted by molar-refractivity contribution is -0.114. The molecule has 3 amide bonds. The minimum Gasteiger partial charge on any atom is -0.375 e. The van der Waals surface area contributed by atoms with Gasteiger partial charge in [0.25, 0.3) is 11.8 Å². The number of nitrogens with one attached hydrogen (secondary N) is 4. The second-order valence-corrected chi connectivity index (χ2v) is 6.98. The summed E-state index contributed by atoms with van der Waals surface area (Å²) in [4.78, 5) is 37.4. The number of carbonyl (C=O) groups excluding carboxylic acids is 3. The van der Waals surface area contributed by atoms with Gasteiger partial charge in [0.2, 0.25) is 5.91 Å². The fourth-order valence-electron chi connectivity index (χ4n) is 3.13. The third-order valence-corrected chi connectivity index (χ3v) is 4.71. The topological polar surface area (TPSA) is 99.3 Å². The van der Waals surface area contributed by atoms with E-state index in [1.807, 2.05) is 13.0 Å².